The lowest BCUT2D eigenvalue weighted by Gasteiger charge is -2.29. The number of ketones is 2. The van der Waals surface area contributed by atoms with Crippen molar-refractivity contribution in [3.63, 3.8) is 0 Å². The number of hydrogen-bond acceptors (Lipinski definition) is 2. The molecule has 7 heteroatoms. The summed E-state index contributed by atoms with van der Waals surface area (Å²) in [6.07, 6.45) is 1.12. The van der Waals surface area contributed by atoms with Gasteiger partial charge in [0, 0.05) is 23.5 Å². The van der Waals surface area contributed by atoms with Crippen LogP contribution in [0, 0.1) is 11.8 Å². The maximum absolute atomic E-state index is 13.7. The van der Waals surface area contributed by atoms with Gasteiger partial charge in [0.2, 0.25) is 0 Å². The third-order valence-corrected chi connectivity index (χ3v) is 7.55. The van der Waals surface area contributed by atoms with E-state index in [1.54, 1.807) is 24.3 Å². The number of Topliss-reactive ketones (excluding diaryl/α,β-unsaturated/α-hetero) is 2. The second-order valence-electron chi connectivity index (χ2n) is 9.01. The monoisotopic (exact) mass is 614 g/mol. The first kappa shape index (κ1) is 29.4. The Bertz CT molecular complexity index is 1440. The second-order valence-corrected chi connectivity index (χ2v) is 12.4. The molecule has 4 aromatic rings. The number of alkyl halides is 3. The number of halogens is 5. The number of rotatable bonds is 9. The molecule has 0 saturated heterocycles. The molecule has 0 N–H and O–H groups in total. The third kappa shape index (κ3) is 7.75. The standard InChI is InChI=1S/C32H23Cl5O2/c33-30(34)19-27(31(39)26-17-13-24(14-18-26)22-9-5-2-6-10-22)28(32(35,36)37)20-29(38)25-15-11-23(12-16-25)21-7-3-1-4-8-21/h1-19,27-28H,20H2. The Balaban J connectivity index is 1.60. The van der Waals surface area contributed by atoms with Gasteiger partial charge in [-0.05, 0) is 28.3 Å². The van der Waals surface area contributed by atoms with Gasteiger partial charge in [-0.1, -0.05) is 167 Å². The number of benzene rings is 4. The van der Waals surface area contributed by atoms with Crippen molar-refractivity contribution in [3.05, 3.63) is 131 Å². The van der Waals surface area contributed by atoms with Crippen molar-refractivity contribution >= 4 is 69.6 Å². The van der Waals surface area contributed by atoms with E-state index >= 15 is 0 Å². The Morgan fingerprint density at radius 2 is 1.03 bits per heavy atom. The molecular weight excluding hydrogens is 594 g/mol. The lowest BCUT2D eigenvalue weighted by molar-refractivity contribution is 0.0874. The second kappa shape index (κ2) is 13.2. The molecule has 2 atom stereocenters. The van der Waals surface area contributed by atoms with E-state index in [0.717, 1.165) is 22.3 Å². The quantitative estimate of drug-likeness (QED) is 0.139. The molecular formula is C32H23Cl5O2. The fourth-order valence-corrected chi connectivity index (χ4v) is 5.31. The van der Waals surface area contributed by atoms with Gasteiger partial charge in [-0.3, -0.25) is 9.59 Å². The van der Waals surface area contributed by atoms with Crippen LogP contribution >= 0.6 is 58.0 Å². The van der Waals surface area contributed by atoms with Gasteiger partial charge < -0.3 is 0 Å². The Morgan fingerprint density at radius 3 is 1.44 bits per heavy atom. The summed E-state index contributed by atoms with van der Waals surface area (Å²) in [5, 5.41) is 0. The van der Waals surface area contributed by atoms with Gasteiger partial charge in [-0.2, -0.15) is 0 Å². The van der Waals surface area contributed by atoms with Gasteiger partial charge in [0.05, 0.1) is 5.92 Å². The molecule has 2 unspecified atom stereocenters. The summed E-state index contributed by atoms with van der Waals surface area (Å²) in [5.41, 5.74) is 4.77. The first-order valence-corrected chi connectivity index (χ1v) is 14.0. The number of allylic oxidation sites excluding steroid dienone is 1. The minimum absolute atomic E-state index is 0.159. The van der Waals surface area contributed by atoms with Gasteiger partial charge >= 0.3 is 0 Å². The summed E-state index contributed by atoms with van der Waals surface area (Å²) < 4.78 is -2.11. The average Bonchev–Trinajstić information content (AvgIpc) is 2.95. The largest absolute Gasteiger partial charge is 0.294 e. The van der Waals surface area contributed by atoms with Crippen molar-refractivity contribution in [2.45, 2.75) is 10.2 Å². The zero-order chi connectivity index (χ0) is 28.0. The van der Waals surface area contributed by atoms with Crippen LogP contribution in [0.1, 0.15) is 27.1 Å². The molecule has 0 radical (unpaired) electrons. The van der Waals surface area contributed by atoms with E-state index in [9.17, 15) is 9.59 Å². The van der Waals surface area contributed by atoms with Crippen molar-refractivity contribution in [3.8, 4) is 22.3 Å². The fraction of sp³-hybridized carbons (Fsp3) is 0.125. The molecule has 4 aromatic carbocycles. The molecule has 0 fully saturated rings. The van der Waals surface area contributed by atoms with Crippen LogP contribution in [0.2, 0.25) is 0 Å². The first-order valence-electron chi connectivity index (χ1n) is 12.1. The molecule has 0 bridgehead atoms. The molecule has 0 saturated carbocycles. The van der Waals surface area contributed by atoms with Crippen LogP contribution in [0.3, 0.4) is 0 Å². The third-order valence-electron chi connectivity index (χ3n) is 6.46. The van der Waals surface area contributed by atoms with E-state index < -0.39 is 15.6 Å². The number of carbonyl (C=O) groups is 2. The highest BCUT2D eigenvalue weighted by Gasteiger charge is 2.42. The molecule has 0 heterocycles. The van der Waals surface area contributed by atoms with Crippen molar-refractivity contribution < 1.29 is 9.59 Å². The Kier molecular flexibility index (Phi) is 9.93. The molecule has 4 rings (SSSR count). The van der Waals surface area contributed by atoms with Crippen LogP contribution in [0.4, 0.5) is 0 Å². The zero-order valence-corrected chi connectivity index (χ0v) is 24.3. The molecule has 0 spiro atoms. The van der Waals surface area contributed by atoms with E-state index in [4.69, 9.17) is 58.0 Å². The lowest BCUT2D eigenvalue weighted by Crippen LogP contribution is -2.34. The van der Waals surface area contributed by atoms with Crippen molar-refractivity contribution in [1.82, 2.24) is 0 Å². The van der Waals surface area contributed by atoms with Crippen LogP contribution in [0.5, 0.6) is 0 Å². The predicted octanol–water partition coefficient (Wildman–Crippen LogP) is 10.4. The fourth-order valence-electron chi connectivity index (χ4n) is 4.40. The average molecular weight is 617 g/mol. The van der Waals surface area contributed by atoms with Gasteiger partial charge in [-0.25, -0.2) is 0 Å². The van der Waals surface area contributed by atoms with Crippen molar-refractivity contribution in [2.24, 2.45) is 11.8 Å². The summed E-state index contributed by atoms with van der Waals surface area (Å²) in [5.74, 6) is -2.73. The maximum atomic E-state index is 13.7. The summed E-state index contributed by atoms with van der Waals surface area (Å²) in [4.78, 5) is 27.0. The van der Waals surface area contributed by atoms with Gasteiger partial charge in [0.1, 0.15) is 4.49 Å². The topological polar surface area (TPSA) is 34.1 Å². The maximum Gasteiger partial charge on any atom is 0.194 e. The number of hydrogen-bond donors (Lipinski definition) is 0. The van der Waals surface area contributed by atoms with Crippen molar-refractivity contribution in [2.75, 3.05) is 0 Å². The van der Waals surface area contributed by atoms with Gasteiger partial charge in [0.15, 0.2) is 15.4 Å². The highest BCUT2D eigenvalue weighted by atomic mass is 35.6. The van der Waals surface area contributed by atoms with Crippen LogP contribution in [0.25, 0.3) is 22.3 Å². The molecule has 0 amide bonds. The summed E-state index contributed by atoms with van der Waals surface area (Å²) in [7, 11) is 0. The van der Waals surface area contributed by atoms with Crippen LogP contribution < -0.4 is 0 Å². The van der Waals surface area contributed by atoms with E-state index in [2.05, 4.69) is 0 Å². The Morgan fingerprint density at radius 1 is 0.615 bits per heavy atom. The van der Waals surface area contributed by atoms with Crippen molar-refractivity contribution in [1.29, 1.82) is 0 Å². The SMILES string of the molecule is O=C(CC(C(C=C(Cl)Cl)C(=O)c1ccc(-c2ccccc2)cc1)C(Cl)(Cl)Cl)c1ccc(-c2ccccc2)cc1. The lowest BCUT2D eigenvalue weighted by atomic mass is 9.82. The minimum atomic E-state index is -1.95. The van der Waals surface area contributed by atoms with Crippen LogP contribution in [-0.4, -0.2) is 15.4 Å². The van der Waals surface area contributed by atoms with Gasteiger partial charge in [-0.15, -0.1) is 0 Å². The smallest absolute Gasteiger partial charge is 0.194 e. The first-order chi connectivity index (χ1) is 18.6. The summed E-state index contributed by atoms with van der Waals surface area (Å²) in [6, 6.07) is 33.8. The van der Waals surface area contributed by atoms with E-state index in [1.807, 2.05) is 84.9 Å². The minimum Gasteiger partial charge on any atom is -0.294 e. The predicted molar refractivity (Wildman–Crippen MR) is 164 cm³/mol. The molecule has 0 aromatic heterocycles. The Labute approximate surface area is 253 Å². The summed E-state index contributed by atoms with van der Waals surface area (Å²) in [6.45, 7) is 0. The van der Waals surface area contributed by atoms with Crippen LogP contribution in [0.15, 0.2) is 120 Å². The highest BCUT2D eigenvalue weighted by molar-refractivity contribution is 6.68. The van der Waals surface area contributed by atoms with Crippen LogP contribution in [-0.2, 0) is 0 Å². The molecule has 39 heavy (non-hydrogen) atoms. The van der Waals surface area contributed by atoms with E-state index in [-0.39, 0.29) is 22.5 Å². The van der Waals surface area contributed by atoms with E-state index in [1.165, 1.54) is 6.08 Å². The molecule has 2 nitrogen and oxygen atoms in total. The molecule has 198 valence electrons. The Hall–Kier alpha value is -2.59. The highest BCUT2D eigenvalue weighted by Crippen LogP contribution is 2.44. The van der Waals surface area contributed by atoms with E-state index in [0.29, 0.717) is 11.1 Å². The normalized spacial score (nSPS) is 12.8. The molecule has 0 aliphatic carbocycles. The van der Waals surface area contributed by atoms with Gasteiger partial charge in [0.25, 0.3) is 0 Å². The zero-order valence-electron chi connectivity index (χ0n) is 20.5. The molecule has 0 aliphatic heterocycles. The molecule has 0 aliphatic rings. The summed E-state index contributed by atoms with van der Waals surface area (Å²) >= 11 is 31.1. The number of carbonyl (C=O) groups excluding carboxylic acids is 2.